The zero-order valence-electron chi connectivity index (χ0n) is 58.5. The van der Waals surface area contributed by atoms with E-state index >= 15 is 0 Å². The first kappa shape index (κ1) is 62.9. The molecule has 13 aromatic carbocycles. The number of rotatable bonds is 16. The molecule has 2 nitrogen and oxygen atoms in total. The van der Waals surface area contributed by atoms with Crippen LogP contribution in [-0.4, -0.2) is 0 Å². The molecule has 0 saturated heterocycles. The standard InChI is InChI=1S/C99H82N2/c1-7-99(8-2)95-59-69(43-41-67-45-51-85-87-55-49-83(65-93(87)97(3,4)91(85)57-67)100(79-37-21-33-75(61-79)71-25-13-9-14-26-71)80-38-22-34-76(62-80)72-27-15-10-16-28-72)47-53-89(95)90-54-48-70(60-96(90)99)44-42-68-46-52-86-88-56-50-84(66-94(88)98(5,6)92(86)58-68)101(81-39-23-35-77(63-81)73-29-17-11-18-30-73)82-40-24-36-78(64-82)74-31-19-12-20-32-74/h9-45,47-66,68H,7-8,46H2,1-6H3/b43-41+,44-42+. The van der Waals surface area contributed by atoms with Crippen LogP contribution in [0.4, 0.5) is 34.1 Å². The van der Waals surface area contributed by atoms with Gasteiger partial charge in [-0.05, 0) is 226 Å². The van der Waals surface area contributed by atoms with Crippen LogP contribution in [0.3, 0.4) is 0 Å². The highest BCUT2D eigenvalue weighted by Gasteiger charge is 2.43. The van der Waals surface area contributed by atoms with Crippen molar-refractivity contribution in [2.24, 2.45) is 5.92 Å². The van der Waals surface area contributed by atoms with E-state index in [2.05, 4.69) is 397 Å². The molecule has 1 unspecified atom stereocenters. The maximum Gasteiger partial charge on any atom is 0.0467 e. The molecule has 101 heavy (non-hydrogen) atoms. The molecule has 0 bridgehead atoms. The number of anilines is 6. The zero-order chi connectivity index (χ0) is 68.4. The Balaban J connectivity index is 0.623. The van der Waals surface area contributed by atoms with Crippen molar-refractivity contribution in [1.29, 1.82) is 0 Å². The Morgan fingerprint density at radius 3 is 1.04 bits per heavy atom. The Labute approximate surface area is 597 Å². The lowest BCUT2D eigenvalue weighted by Gasteiger charge is -2.30. The Hall–Kier alpha value is -11.6. The van der Waals surface area contributed by atoms with Crippen molar-refractivity contribution in [3.63, 3.8) is 0 Å². The molecule has 4 aliphatic rings. The summed E-state index contributed by atoms with van der Waals surface area (Å²) in [6, 6.07) is 115. The maximum absolute atomic E-state index is 2.57. The summed E-state index contributed by atoms with van der Waals surface area (Å²) >= 11 is 0. The fourth-order valence-electron chi connectivity index (χ4n) is 17.1. The third-order valence-corrected chi connectivity index (χ3v) is 22.6. The molecular weight excluding hydrogens is 1220 g/mol. The summed E-state index contributed by atoms with van der Waals surface area (Å²) in [6.07, 6.45) is 17.6. The average Bonchev–Trinajstić information content (AvgIpc) is 1.59. The fourth-order valence-corrected chi connectivity index (χ4v) is 17.1. The monoisotopic (exact) mass is 1300 g/mol. The van der Waals surface area contributed by atoms with Gasteiger partial charge in [0.1, 0.15) is 0 Å². The van der Waals surface area contributed by atoms with Gasteiger partial charge >= 0.3 is 0 Å². The molecule has 17 rings (SSSR count). The normalized spacial score (nSPS) is 15.4. The van der Waals surface area contributed by atoms with Crippen LogP contribution in [0.15, 0.2) is 333 Å². The topological polar surface area (TPSA) is 6.48 Å². The molecule has 2 heteroatoms. The van der Waals surface area contributed by atoms with Gasteiger partial charge < -0.3 is 9.80 Å². The van der Waals surface area contributed by atoms with E-state index in [-0.39, 0.29) is 22.2 Å². The number of hydrogen-bond acceptors (Lipinski definition) is 2. The summed E-state index contributed by atoms with van der Waals surface area (Å²) in [6.45, 7) is 14.4. The maximum atomic E-state index is 2.57. The second-order valence-electron chi connectivity index (χ2n) is 29.0. The van der Waals surface area contributed by atoms with Crippen molar-refractivity contribution >= 4 is 57.9 Å². The van der Waals surface area contributed by atoms with E-state index < -0.39 is 0 Å². The van der Waals surface area contributed by atoms with Crippen molar-refractivity contribution < 1.29 is 0 Å². The van der Waals surface area contributed by atoms with Gasteiger partial charge in [0, 0.05) is 50.4 Å². The molecular formula is C99H82N2. The largest absolute Gasteiger partial charge is 0.310 e. The predicted octanol–water partition coefficient (Wildman–Crippen LogP) is 27.2. The molecule has 0 N–H and O–H groups in total. The minimum absolute atomic E-state index is 0.0838. The summed E-state index contributed by atoms with van der Waals surface area (Å²) in [5.74, 6) is 0.279. The minimum Gasteiger partial charge on any atom is -0.310 e. The highest BCUT2D eigenvalue weighted by Crippen LogP contribution is 2.57. The highest BCUT2D eigenvalue weighted by molar-refractivity contribution is 5.94. The summed E-state index contributed by atoms with van der Waals surface area (Å²) in [5.41, 5.74) is 36.0. The number of benzene rings is 13. The first-order valence-corrected chi connectivity index (χ1v) is 36.2. The number of nitrogens with zero attached hydrogens (tertiary/aromatic N) is 2. The lowest BCUT2D eigenvalue weighted by Crippen LogP contribution is -2.23. The van der Waals surface area contributed by atoms with E-state index in [4.69, 9.17) is 0 Å². The third-order valence-electron chi connectivity index (χ3n) is 22.6. The molecule has 0 radical (unpaired) electrons. The van der Waals surface area contributed by atoms with Crippen molar-refractivity contribution in [2.45, 2.75) is 77.0 Å². The first-order valence-electron chi connectivity index (χ1n) is 36.2. The van der Waals surface area contributed by atoms with Gasteiger partial charge in [0.2, 0.25) is 0 Å². The van der Waals surface area contributed by atoms with Gasteiger partial charge in [-0.25, -0.2) is 0 Å². The van der Waals surface area contributed by atoms with E-state index in [9.17, 15) is 0 Å². The van der Waals surface area contributed by atoms with E-state index in [1.807, 2.05) is 0 Å². The van der Waals surface area contributed by atoms with Gasteiger partial charge in [0.05, 0.1) is 0 Å². The van der Waals surface area contributed by atoms with Gasteiger partial charge in [-0.15, -0.1) is 0 Å². The van der Waals surface area contributed by atoms with Crippen LogP contribution < -0.4 is 9.80 Å². The lowest BCUT2D eigenvalue weighted by atomic mass is 9.73. The van der Waals surface area contributed by atoms with Crippen LogP contribution in [0, 0.1) is 5.92 Å². The second-order valence-corrected chi connectivity index (χ2v) is 29.0. The summed E-state index contributed by atoms with van der Waals surface area (Å²) in [5, 5.41) is 0. The SMILES string of the molecule is CCC1(CC)c2cc(/C=C/c3ccc4c(c3)C(C)(C)c3cc(N(c5cccc(-c6ccccc6)c5)c5cccc(-c6ccccc6)c5)ccc3-4)ccc2-c2ccc(/C=C/C3C=C4C(=CC3)c3ccc(N(c5cccc(-c6ccccc6)c5)c5cccc(-c6ccccc6)c5)cc3C4(C)C)cc21. The fraction of sp³-hybridized carbons (Fsp3) is 0.131. The van der Waals surface area contributed by atoms with Crippen LogP contribution in [-0.2, 0) is 16.2 Å². The molecule has 0 spiro atoms. The molecule has 0 fully saturated rings. The first-order chi connectivity index (χ1) is 49.4. The molecule has 4 aliphatic carbocycles. The second kappa shape index (κ2) is 25.6. The van der Waals surface area contributed by atoms with Gasteiger partial charge in [-0.2, -0.15) is 0 Å². The smallest absolute Gasteiger partial charge is 0.0467 e. The Morgan fingerprint density at radius 2 is 0.634 bits per heavy atom. The Kier molecular flexibility index (Phi) is 16.0. The Bertz CT molecular complexity index is 5300. The molecule has 0 aromatic heterocycles. The molecule has 0 saturated carbocycles. The molecule has 0 amide bonds. The van der Waals surface area contributed by atoms with Crippen molar-refractivity contribution in [2.75, 3.05) is 9.80 Å². The quantitative estimate of drug-likeness (QED) is 0.0890. The third kappa shape index (κ3) is 11.2. The van der Waals surface area contributed by atoms with Crippen LogP contribution >= 0.6 is 0 Å². The van der Waals surface area contributed by atoms with Crippen LogP contribution in [0.5, 0.6) is 0 Å². The average molecular weight is 1300 g/mol. The van der Waals surface area contributed by atoms with Crippen LogP contribution in [0.25, 0.3) is 90.6 Å². The van der Waals surface area contributed by atoms with Gasteiger partial charge in [-0.1, -0.05) is 315 Å². The Morgan fingerprint density at radius 1 is 0.307 bits per heavy atom. The van der Waals surface area contributed by atoms with Crippen LogP contribution in [0.1, 0.15) is 111 Å². The van der Waals surface area contributed by atoms with E-state index in [1.54, 1.807) is 0 Å². The number of fused-ring (bicyclic) bond motifs is 9. The van der Waals surface area contributed by atoms with Crippen molar-refractivity contribution in [3.05, 3.63) is 383 Å². The molecule has 1 atom stereocenters. The summed E-state index contributed by atoms with van der Waals surface area (Å²) in [7, 11) is 0. The van der Waals surface area contributed by atoms with Crippen molar-refractivity contribution in [3.8, 4) is 66.8 Å². The molecule has 13 aromatic rings. The van der Waals surface area contributed by atoms with E-state index in [1.165, 1.54) is 128 Å². The zero-order valence-corrected chi connectivity index (χ0v) is 58.5. The highest BCUT2D eigenvalue weighted by atomic mass is 15.1. The molecule has 0 aliphatic heterocycles. The molecule has 488 valence electrons. The molecule has 0 heterocycles. The summed E-state index contributed by atoms with van der Waals surface area (Å²) < 4.78 is 0. The minimum atomic E-state index is -0.234. The van der Waals surface area contributed by atoms with Crippen molar-refractivity contribution in [1.82, 2.24) is 0 Å². The summed E-state index contributed by atoms with van der Waals surface area (Å²) in [4.78, 5) is 4.88. The number of allylic oxidation sites excluding steroid dienone is 5. The van der Waals surface area contributed by atoms with E-state index in [0.29, 0.717) is 0 Å². The van der Waals surface area contributed by atoms with Gasteiger partial charge in [-0.3, -0.25) is 0 Å². The van der Waals surface area contributed by atoms with Gasteiger partial charge in [0.25, 0.3) is 0 Å². The number of hydrogen-bond donors (Lipinski definition) is 0. The van der Waals surface area contributed by atoms with E-state index in [0.717, 1.165) is 53.4 Å². The van der Waals surface area contributed by atoms with Crippen LogP contribution in [0.2, 0.25) is 0 Å². The lowest BCUT2D eigenvalue weighted by molar-refractivity contribution is 0.490. The predicted molar refractivity (Wildman–Crippen MR) is 430 cm³/mol. The van der Waals surface area contributed by atoms with Gasteiger partial charge in [0.15, 0.2) is 0 Å².